The smallest absolute Gasteiger partial charge is 0.234 e. The minimum Gasteiger partial charge on any atom is -0.265 e. The van der Waals surface area contributed by atoms with Gasteiger partial charge in [0.15, 0.2) is 5.13 Å². The van der Waals surface area contributed by atoms with E-state index in [4.69, 9.17) is 0 Å². The maximum absolute atomic E-state index is 11.8. The number of thiazole rings is 1. The summed E-state index contributed by atoms with van der Waals surface area (Å²) >= 11 is 4.47. The van der Waals surface area contributed by atoms with Gasteiger partial charge in [0, 0.05) is 12.4 Å². The Kier molecular flexibility index (Phi) is 4.31. The van der Waals surface area contributed by atoms with Crippen LogP contribution in [0, 0.1) is 0 Å². The van der Waals surface area contributed by atoms with Crippen LogP contribution in [0.5, 0.6) is 0 Å². The zero-order valence-corrected chi connectivity index (χ0v) is 12.4. The lowest BCUT2D eigenvalue weighted by molar-refractivity contribution is 0.600. The van der Waals surface area contributed by atoms with Crippen LogP contribution >= 0.6 is 27.3 Å². The molecule has 0 saturated carbocycles. The number of halogens is 1. The van der Waals surface area contributed by atoms with Crippen LogP contribution in [0.25, 0.3) is 0 Å². The molecule has 0 aliphatic rings. The molecule has 2 aromatic heterocycles. The van der Waals surface area contributed by atoms with Gasteiger partial charge in [-0.15, -0.1) is 0 Å². The molecule has 0 aliphatic heterocycles. The minimum atomic E-state index is -3.36. The summed E-state index contributed by atoms with van der Waals surface area (Å²) in [6.45, 7) is 0. The molecule has 0 atom stereocenters. The lowest BCUT2D eigenvalue weighted by Crippen LogP contribution is -2.18. The SMILES string of the molecule is O=S(=O)(CCc1ccncc1)Nc1ncc(Br)s1. The van der Waals surface area contributed by atoms with Gasteiger partial charge in [-0.3, -0.25) is 9.71 Å². The van der Waals surface area contributed by atoms with Crippen molar-refractivity contribution in [3.05, 3.63) is 40.1 Å². The molecule has 0 saturated heterocycles. The van der Waals surface area contributed by atoms with Crippen molar-refractivity contribution in [1.82, 2.24) is 9.97 Å². The average molecular weight is 348 g/mol. The second kappa shape index (κ2) is 5.77. The predicted octanol–water partition coefficient (Wildman–Crippen LogP) is 2.29. The first-order chi connectivity index (χ1) is 8.55. The number of sulfonamides is 1. The van der Waals surface area contributed by atoms with E-state index in [-0.39, 0.29) is 5.75 Å². The Bertz CT molecular complexity index is 613. The number of hydrogen-bond donors (Lipinski definition) is 1. The number of aromatic nitrogens is 2. The van der Waals surface area contributed by atoms with Crippen molar-refractivity contribution in [2.24, 2.45) is 0 Å². The predicted molar refractivity (Wildman–Crippen MR) is 75.2 cm³/mol. The molecule has 0 fully saturated rings. The van der Waals surface area contributed by atoms with Crippen molar-refractivity contribution >= 4 is 42.4 Å². The summed E-state index contributed by atoms with van der Waals surface area (Å²) in [5, 5.41) is 0.372. The third-order valence-corrected chi connectivity index (χ3v) is 4.90. The van der Waals surface area contributed by atoms with Crippen molar-refractivity contribution < 1.29 is 8.42 Å². The van der Waals surface area contributed by atoms with Crippen molar-refractivity contribution in [2.45, 2.75) is 6.42 Å². The summed E-state index contributed by atoms with van der Waals surface area (Å²) < 4.78 is 26.8. The average Bonchev–Trinajstić information content (AvgIpc) is 2.73. The van der Waals surface area contributed by atoms with Crippen molar-refractivity contribution in [3.63, 3.8) is 0 Å². The lowest BCUT2D eigenvalue weighted by atomic mass is 10.2. The summed E-state index contributed by atoms with van der Waals surface area (Å²) in [6, 6.07) is 3.60. The highest BCUT2D eigenvalue weighted by Crippen LogP contribution is 2.24. The quantitative estimate of drug-likeness (QED) is 0.900. The largest absolute Gasteiger partial charge is 0.265 e. The molecule has 0 amide bonds. The van der Waals surface area contributed by atoms with Gasteiger partial charge in [0.25, 0.3) is 0 Å². The van der Waals surface area contributed by atoms with Crippen molar-refractivity contribution in [2.75, 3.05) is 10.5 Å². The van der Waals surface area contributed by atoms with E-state index in [0.29, 0.717) is 11.6 Å². The maximum Gasteiger partial charge on any atom is 0.234 e. The molecule has 8 heteroatoms. The number of rotatable bonds is 5. The molecule has 2 rings (SSSR count). The highest BCUT2D eigenvalue weighted by molar-refractivity contribution is 9.11. The fourth-order valence-corrected chi connectivity index (χ4v) is 3.72. The van der Waals surface area contributed by atoms with Crippen LogP contribution in [0.4, 0.5) is 5.13 Å². The molecule has 0 unspecified atom stereocenters. The molecule has 0 spiro atoms. The molecule has 18 heavy (non-hydrogen) atoms. The van der Waals surface area contributed by atoms with Crippen LogP contribution in [0.3, 0.4) is 0 Å². The number of nitrogens with one attached hydrogen (secondary N) is 1. The van der Waals surface area contributed by atoms with E-state index >= 15 is 0 Å². The van der Waals surface area contributed by atoms with E-state index in [0.717, 1.165) is 9.35 Å². The van der Waals surface area contributed by atoms with Gasteiger partial charge in [0.2, 0.25) is 10.0 Å². The normalized spacial score (nSPS) is 11.4. The van der Waals surface area contributed by atoms with Gasteiger partial charge in [-0.1, -0.05) is 11.3 Å². The lowest BCUT2D eigenvalue weighted by Gasteiger charge is -2.04. The Morgan fingerprint density at radius 1 is 1.33 bits per heavy atom. The van der Waals surface area contributed by atoms with Gasteiger partial charge < -0.3 is 0 Å². The zero-order valence-electron chi connectivity index (χ0n) is 9.21. The molecular weight excluding hydrogens is 338 g/mol. The van der Waals surface area contributed by atoms with Crippen LogP contribution in [0.1, 0.15) is 5.56 Å². The topological polar surface area (TPSA) is 72.0 Å². The van der Waals surface area contributed by atoms with E-state index in [1.165, 1.54) is 11.3 Å². The van der Waals surface area contributed by atoms with E-state index in [1.807, 2.05) is 0 Å². The summed E-state index contributed by atoms with van der Waals surface area (Å²) in [6.07, 6.45) is 5.30. The minimum absolute atomic E-state index is 0.0220. The fraction of sp³-hybridized carbons (Fsp3) is 0.200. The molecule has 2 heterocycles. The third kappa shape index (κ3) is 4.04. The first kappa shape index (κ1) is 13.4. The van der Waals surface area contributed by atoms with Gasteiger partial charge in [-0.25, -0.2) is 13.4 Å². The molecule has 5 nitrogen and oxygen atoms in total. The highest BCUT2D eigenvalue weighted by Gasteiger charge is 2.12. The fourth-order valence-electron chi connectivity index (χ4n) is 1.29. The van der Waals surface area contributed by atoms with Crippen molar-refractivity contribution in [1.29, 1.82) is 0 Å². The van der Waals surface area contributed by atoms with E-state index < -0.39 is 10.0 Å². The van der Waals surface area contributed by atoms with Crippen LogP contribution in [-0.4, -0.2) is 24.1 Å². The van der Waals surface area contributed by atoms with Gasteiger partial charge in [0.1, 0.15) is 0 Å². The molecule has 1 N–H and O–H groups in total. The molecule has 2 aromatic rings. The second-order valence-corrected chi connectivity index (χ2v) is 7.75. The zero-order chi connectivity index (χ0) is 13.0. The number of nitrogens with zero attached hydrogens (tertiary/aromatic N) is 2. The Hall–Kier alpha value is -0.990. The van der Waals surface area contributed by atoms with Crippen molar-refractivity contribution in [3.8, 4) is 0 Å². The summed E-state index contributed by atoms with van der Waals surface area (Å²) in [5.74, 6) is 0.0220. The monoisotopic (exact) mass is 347 g/mol. The Balaban J connectivity index is 1.96. The van der Waals surface area contributed by atoms with Gasteiger partial charge in [-0.05, 0) is 40.0 Å². The first-order valence-corrected chi connectivity index (χ1v) is 8.32. The number of anilines is 1. The molecule has 0 aromatic carbocycles. The van der Waals surface area contributed by atoms with Gasteiger partial charge in [-0.2, -0.15) is 0 Å². The van der Waals surface area contributed by atoms with E-state index in [9.17, 15) is 8.42 Å². The van der Waals surface area contributed by atoms with Gasteiger partial charge in [0.05, 0.1) is 15.7 Å². The number of aryl methyl sites for hydroxylation is 1. The Labute approximate surface area is 117 Å². The van der Waals surface area contributed by atoms with Crippen LogP contribution in [0.2, 0.25) is 0 Å². The molecule has 0 radical (unpaired) electrons. The first-order valence-electron chi connectivity index (χ1n) is 5.06. The third-order valence-electron chi connectivity index (χ3n) is 2.13. The molecular formula is C10H10BrN3O2S2. The second-order valence-electron chi connectivity index (χ2n) is 3.50. The summed E-state index contributed by atoms with van der Waals surface area (Å²) in [5.41, 5.74) is 0.940. The van der Waals surface area contributed by atoms with Crippen LogP contribution in [0.15, 0.2) is 34.5 Å². The Morgan fingerprint density at radius 2 is 2.06 bits per heavy atom. The maximum atomic E-state index is 11.8. The van der Waals surface area contributed by atoms with Crippen LogP contribution < -0.4 is 4.72 Å². The Morgan fingerprint density at radius 3 is 2.67 bits per heavy atom. The molecule has 0 bridgehead atoms. The number of pyridine rings is 1. The number of hydrogen-bond acceptors (Lipinski definition) is 5. The van der Waals surface area contributed by atoms with E-state index in [1.54, 1.807) is 30.7 Å². The highest BCUT2D eigenvalue weighted by atomic mass is 79.9. The standard InChI is InChI=1S/C10H10BrN3O2S2/c11-9-7-13-10(17-9)14-18(15,16)6-3-8-1-4-12-5-2-8/h1-2,4-5,7H,3,6H2,(H,13,14). The summed E-state index contributed by atoms with van der Waals surface area (Å²) in [4.78, 5) is 7.81. The molecule has 0 aliphatic carbocycles. The van der Waals surface area contributed by atoms with Crippen LogP contribution in [-0.2, 0) is 16.4 Å². The molecule has 96 valence electrons. The van der Waals surface area contributed by atoms with Gasteiger partial charge >= 0.3 is 0 Å². The summed E-state index contributed by atoms with van der Waals surface area (Å²) in [7, 11) is -3.36. The van der Waals surface area contributed by atoms with E-state index in [2.05, 4.69) is 30.6 Å².